The number of hydrogen-bond donors (Lipinski definition) is 4. The zero-order chi connectivity index (χ0) is 24.9. The van der Waals surface area contributed by atoms with Gasteiger partial charge in [0.2, 0.25) is 11.8 Å². The molecule has 0 radical (unpaired) electrons. The fourth-order valence-corrected chi connectivity index (χ4v) is 4.02. The van der Waals surface area contributed by atoms with Crippen molar-refractivity contribution in [2.24, 2.45) is 0 Å². The first kappa shape index (κ1) is 22.8. The number of aromatic nitrogens is 3. The molecule has 1 aliphatic rings. The molecule has 10 nitrogen and oxygen atoms in total. The second-order valence-electron chi connectivity index (χ2n) is 8.25. The quantitative estimate of drug-likeness (QED) is 0.336. The van der Waals surface area contributed by atoms with Gasteiger partial charge in [-0.05, 0) is 29.8 Å². The van der Waals surface area contributed by atoms with E-state index in [0.717, 1.165) is 11.1 Å². The zero-order valence-corrected chi connectivity index (χ0v) is 19.1. The number of nitrogens with zero attached hydrogens (tertiary/aromatic N) is 3. The summed E-state index contributed by atoms with van der Waals surface area (Å²) in [5.74, 6) is -0.129. The minimum absolute atomic E-state index is 0.151. The van der Waals surface area contributed by atoms with Crippen LogP contribution in [0.1, 0.15) is 5.56 Å². The Kier molecular flexibility index (Phi) is 6.39. The summed E-state index contributed by atoms with van der Waals surface area (Å²) >= 11 is 0. The lowest BCUT2D eigenvalue weighted by Gasteiger charge is -2.30. The molecule has 3 aromatic carbocycles. The van der Waals surface area contributed by atoms with Crippen molar-refractivity contribution in [1.29, 1.82) is 0 Å². The van der Waals surface area contributed by atoms with Crippen LogP contribution in [-0.2, 0) is 16.0 Å². The average Bonchev–Trinajstić information content (AvgIpc) is 3.44. The van der Waals surface area contributed by atoms with Crippen LogP contribution in [0.25, 0.3) is 11.4 Å². The summed E-state index contributed by atoms with van der Waals surface area (Å²) in [4.78, 5) is 44.4. The Bertz CT molecular complexity index is 1390. The predicted molar refractivity (Wildman–Crippen MR) is 135 cm³/mol. The van der Waals surface area contributed by atoms with Crippen LogP contribution in [0.4, 0.5) is 21.9 Å². The van der Waals surface area contributed by atoms with E-state index in [-0.39, 0.29) is 18.9 Å². The van der Waals surface area contributed by atoms with E-state index in [2.05, 4.69) is 31.1 Å². The summed E-state index contributed by atoms with van der Waals surface area (Å²) in [5, 5.41) is 15.1. The number of H-pyrrole nitrogens is 1. The van der Waals surface area contributed by atoms with Gasteiger partial charge < -0.3 is 16.0 Å². The molecule has 0 fully saturated rings. The van der Waals surface area contributed by atoms with Crippen LogP contribution in [0.15, 0.2) is 85.2 Å². The Labute approximate surface area is 206 Å². The highest BCUT2D eigenvalue weighted by atomic mass is 16.2. The molecule has 1 aliphatic heterocycles. The number of rotatable bonds is 6. The van der Waals surface area contributed by atoms with Gasteiger partial charge in [0, 0.05) is 17.7 Å². The van der Waals surface area contributed by atoms with Crippen LogP contribution >= 0.6 is 0 Å². The van der Waals surface area contributed by atoms with Gasteiger partial charge in [0.25, 0.3) is 0 Å². The molecule has 0 unspecified atom stereocenters. The third-order valence-corrected chi connectivity index (χ3v) is 5.73. The van der Waals surface area contributed by atoms with Gasteiger partial charge in [-0.3, -0.25) is 19.6 Å². The van der Waals surface area contributed by atoms with Gasteiger partial charge in [0.1, 0.15) is 18.9 Å². The number of carbonyl (C=O) groups is 3. The summed E-state index contributed by atoms with van der Waals surface area (Å²) in [7, 11) is 0. The number of benzene rings is 3. The fourth-order valence-electron chi connectivity index (χ4n) is 4.02. The summed E-state index contributed by atoms with van der Waals surface area (Å²) in [6, 6.07) is 22.2. The lowest BCUT2D eigenvalue weighted by Crippen LogP contribution is -2.53. The van der Waals surface area contributed by atoms with E-state index in [1.165, 1.54) is 11.2 Å². The summed E-state index contributed by atoms with van der Waals surface area (Å²) in [5.41, 5.74) is 3.28. The van der Waals surface area contributed by atoms with Gasteiger partial charge in [-0.1, -0.05) is 54.6 Å². The third kappa shape index (κ3) is 5.07. The maximum absolute atomic E-state index is 13.4. The highest BCUT2D eigenvalue weighted by Gasteiger charge is 2.30. The topological polar surface area (TPSA) is 132 Å². The first-order valence-corrected chi connectivity index (χ1v) is 11.3. The van der Waals surface area contributed by atoms with Crippen molar-refractivity contribution in [3.8, 4) is 11.4 Å². The molecular weight excluding hydrogens is 458 g/mol. The number of para-hydroxylation sites is 2. The molecule has 1 aromatic heterocycles. The second-order valence-corrected chi connectivity index (χ2v) is 8.25. The molecule has 180 valence electrons. The van der Waals surface area contributed by atoms with E-state index in [9.17, 15) is 14.4 Å². The number of urea groups is 1. The first-order valence-electron chi connectivity index (χ1n) is 11.3. The molecule has 10 heteroatoms. The Morgan fingerprint density at radius 3 is 2.61 bits per heavy atom. The number of hydrogen-bond acceptors (Lipinski definition) is 5. The van der Waals surface area contributed by atoms with E-state index < -0.39 is 18.0 Å². The highest BCUT2D eigenvalue weighted by Crippen LogP contribution is 2.29. The van der Waals surface area contributed by atoms with Crippen molar-refractivity contribution in [2.75, 3.05) is 22.1 Å². The van der Waals surface area contributed by atoms with Gasteiger partial charge in [0.15, 0.2) is 5.82 Å². The maximum atomic E-state index is 13.4. The smallest absolute Gasteiger partial charge is 0.323 e. The number of aromatic amines is 1. The molecule has 4 N–H and O–H groups in total. The highest BCUT2D eigenvalue weighted by molar-refractivity contribution is 6.10. The van der Waals surface area contributed by atoms with E-state index in [1.54, 1.807) is 42.5 Å². The minimum Gasteiger partial charge on any atom is -0.326 e. The van der Waals surface area contributed by atoms with E-state index in [1.807, 2.05) is 36.4 Å². The van der Waals surface area contributed by atoms with Gasteiger partial charge in [-0.15, -0.1) is 0 Å². The molecule has 4 aromatic rings. The number of fused-ring (bicyclic) bond motifs is 1. The van der Waals surface area contributed by atoms with E-state index in [0.29, 0.717) is 22.9 Å². The first-order chi connectivity index (χ1) is 17.6. The average molecular weight is 482 g/mol. The molecule has 4 amide bonds. The Hall–Kier alpha value is -4.99. The maximum Gasteiger partial charge on any atom is 0.323 e. The SMILES string of the molecule is O=C1CN(C(=O)N[C@@H](Cc2ccccc2)C(=O)Nc2cccc(-c3ncn[nH]3)c2)c2ccccc2N1. The molecule has 0 bridgehead atoms. The third-order valence-electron chi connectivity index (χ3n) is 5.73. The van der Waals surface area contributed by atoms with Crippen LogP contribution < -0.4 is 20.9 Å². The van der Waals surface area contributed by atoms with Crippen LogP contribution in [0.5, 0.6) is 0 Å². The summed E-state index contributed by atoms with van der Waals surface area (Å²) in [6.45, 7) is -0.151. The molecule has 0 spiro atoms. The lowest BCUT2D eigenvalue weighted by molar-refractivity contribution is -0.118. The van der Waals surface area contributed by atoms with E-state index >= 15 is 0 Å². The Balaban J connectivity index is 1.38. The largest absolute Gasteiger partial charge is 0.326 e. The van der Waals surface area contributed by atoms with Crippen LogP contribution in [0.2, 0.25) is 0 Å². The number of anilines is 3. The summed E-state index contributed by atoms with van der Waals surface area (Å²) < 4.78 is 0. The van der Waals surface area contributed by atoms with Gasteiger partial charge in [-0.25, -0.2) is 9.78 Å². The number of nitrogens with one attached hydrogen (secondary N) is 4. The van der Waals surface area contributed by atoms with Crippen molar-refractivity contribution in [2.45, 2.75) is 12.5 Å². The number of carbonyl (C=O) groups excluding carboxylic acids is 3. The number of amides is 4. The molecule has 0 aliphatic carbocycles. The predicted octanol–water partition coefficient (Wildman–Crippen LogP) is 3.19. The molecular formula is C26H23N7O3. The molecule has 0 saturated carbocycles. The fraction of sp³-hybridized carbons (Fsp3) is 0.115. The molecule has 2 heterocycles. The van der Waals surface area contributed by atoms with Crippen LogP contribution in [-0.4, -0.2) is 45.6 Å². The lowest BCUT2D eigenvalue weighted by atomic mass is 10.0. The van der Waals surface area contributed by atoms with Gasteiger partial charge in [0.05, 0.1) is 11.4 Å². The van der Waals surface area contributed by atoms with Crippen molar-refractivity contribution in [1.82, 2.24) is 20.5 Å². The molecule has 1 atom stereocenters. The summed E-state index contributed by atoms with van der Waals surface area (Å²) in [6.07, 6.45) is 1.67. The molecule has 0 saturated heterocycles. The van der Waals surface area contributed by atoms with Crippen molar-refractivity contribution < 1.29 is 14.4 Å². The zero-order valence-electron chi connectivity index (χ0n) is 19.1. The standard InChI is InChI=1S/C26H23N7O3/c34-23-15-33(22-12-5-4-11-20(22)30-23)26(36)31-21(13-17-7-2-1-3-8-17)25(35)29-19-10-6-9-18(14-19)24-27-16-28-32-24/h1-12,14,16,21H,13,15H2,(H,29,35)(H,30,34)(H,31,36)(H,27,28,32)/t21-/m0/s1. The van der Waals surface area contributed by atoms with Crippen molar-refractivity contribution >= 4 is 34.9 Å². The van der Waals surface area contributed by atoms with Crippen LogP contribution in [0, 0.1) is 0 Å². The van der Waals surface area contributed by atoms with Crippen molar-refractivity contribution in [3.63, 3.8) is 0 Å². The minimum atomic E-state index is -0.897. The second kappa shape index (κ2) is 10.1. The molecule has 5 rings (SSSR count). The monoisotopic (exact) mass is 481 g/mol. The normalized spacial score (nSPS) is 13.3. The van der Waals surface area contributed by atoms with E-state index in [4.69, 9.17) is 0 Å². The Morgan fingerprint density at radius 2 is 1.81 bits per heavy atom. The van der Waals surface area contributed by atoms with Crippen LogP contribution in [0.3, 0.4) is 0 Å². The van der Waals surface area contributed by atoms with Crippen molar-refractivity contribution in [3.05, 3.63) is 90.8 Å². The van der Waals surface area contributed by atoms with Gasteiger partial charge >= 0.3 is 6.03 Å². The molecule has 36 heavy (non-hydrogen) atoms. The Morgan fingerprint density at radius 1 is 1.00 bits per heavy atom. The van der Waals surface area contributed by atoms with Gasteiger partial charge in [-0.2, -0.15) is 5.10 Å².